The Morgan fingerprint density at radius 3 is 2.60 bits per heavy atom. The molecule has 0 spiro atoms. The number of ether oxygens (including phenoxy) is 2. The summed E-state index contributed by atoms with van der Waals surface area (Å²) in [7, 11) is -0.229. The van der Waals surface area contributed by atoms with Crippen molar-refractivity contribution < 1.29 is 27.5 Å². The lowest BCUT2D eigenvalue weighted by Crippen LogP contribution is -2.50. The van der Waals surface area contributed by atoms with E-state index >= 15 is 0 Å². The number of aryl methyl sites for hydroxylation is 1. The lowest BCUT2D eigenvalue weighted by molar-refractivity contribution is 0.0452. The summed E-state index contributed by atoms with van der Waals surface area (Å²) in [5, 5.41) is 5.22. The van der Waals surface area contributed by atoms with E-state index in [4.69, 9.17) is 14.5 Å². The van der Waals surface area contributed by atoms with Crippen LogP contribution in [0.1, 0.15) is 56.8 Å². The molecule has 11 nitrogen and oxygen atoms in total. The number of nitrogens with zero attached hydrogens (tertiary/aromatic N) is 4. The van der Waals surface area contributed by atoms with Crippen molar-refractivity contribution in [3.63, 3.8) is 0 Å². The maximum atomic E-state index is 13.7. The predicted octanol–water partition coefficient (Wildman–Crippen LogP) is 4.73. The Labute approximate surface area is 248 Å². The molecule has 3 aromatic heterocycles. The molecule has 4 aromatic rings. The molecule has 1 saturated carbocycles. The number of carbonyl (C=O) groups excluding carboxylic acids is 2. The molecular formula is C29H35N5O6S2. The molecule has 1 saturated heterocycles. The maximum absolute atomic E-state index is 13.7. The van der Waals surface area contributed by atoms with E-state index in [1.54, 1.807) is 17.0 Å². The van der Waals surface area contributed by atoms with Crippen LogP contribution in [0.4, 0.5) is 4.79 Å². The molecule has 1 aromatic carbocycles. The first-order chi connectivity index (χ1) is 19.9. The van der Waals surface area contributed by atoms with Gasteiger partial charge in [0.25, 0.3) is 5.91 Å². The Morgan fingerprint density at radius 1 is 1.14 bits per heavy atom. The third-order valence-electron chi connectivity index (χ3n) is 7.63. The van der Waals surface area contributed by atoms with Crippen molar-refractivity contribution in [3.05, 3.63) is 35.2 Å². The number of alkyl carbamates (subject to hydrolysis) is 1. The van der Waals surface area contributed by atoms with Crippen LogP contribution >= 0.6 is 11.3 Å². The third kappa shape index (κ3) is 5.13. The SMILES string of the molecule is COc1cc(C(=O)N2CCC[C@@H](NC(=O)OC(C)(C)C)C2)cc2nc(-c3cc4ccsc4n3S(=O)(=O)C3CC3)n(C)c12. The van der Waals surface area contributed by atoms with Crippen molar-refractivity contribution in [2.75, 3.05) is 20.2 Å². The summed E-state index contributed by atoms with van der Waals surface area (Å²) in [6.45, 7) is 6.34. The molecule has 13 heteroatoms. The zero-order chi connectivity index (χ0) is 30.0. The molecular weight excluding hydrogens is 578 g/mol. The monoisotopic (exact) mass is 613 g/mol. The maximum Gasteiger partial charge on any atom is 0.407 e. The molecule has 2 amide bonds. The van der Waals surface area contributed by atoms with Crippen molar-refractivity contribution in [2.45, 2.75) is 63.3 Å². The molecule has 1 N–H and O–H groups in total. The van der Waals surface area contributed by atoms with Crippen LogP contribution in [-0.4, -0.2) is 75.9 Å². The fraction of sp³-hybridized carbons (Fsp3) is 0.483. The quantitative estimate of drug-likeness (QED) is 0.333. The van der Waals surface area contributed by atoms with Crippen LogP contribution < -0.4 is 10.1 Å². The number of hydrogen-bond acceptors (Lipinski definition) is 8. The van der Waals surface area contributed by atoms with E-state index in [1.165, 1.54) is 22.4 Å². The van der Waals surface area contributed by atoms with Crippen LogP contribution in [0.5, 0.6) is 5.75 Å². The molecule has 2 aliphatic rings. The summed E-state index contributed by atoms with van der Waals surface area (Å²) in [5.74, 6) is 0.737. The minimum absolute atomic E-state index is 0.196. The van der Waals surface area contributed by atoms with Crippen LogP contribution in [0.25, 0.3) is 32.8 Å². The van der Waals surface area contributed by atoms with Gasteiger partial charge in [-0.3, -0.25) is 4.79 Å². The van der Waals surface area contributed by atoms with Crippen LogP contribution in [-0.2, 0) is 21.8 Å². The highest BCUT2D eigenvalue weighted by Crippen LogP contribution is 2.40. The standard InChI is InChI=1S/C29H35N5O6S2/c1-29(2,3)40-28(36)30-19-7-6-11-33(16-19)26(35)18-13-21-24(23(15-18)39-5)32(4)25(31-21)22-14-17-10-12-41-27(17)34(22)42(37,38)20-8-9-20/h10,12-15,19-20H,6-9,11,16H2,1-5H3,(H,30,36)/t19-/m1/s1. The number of fused-ring (bicyclic) bond motifs is 2. The van der Waals surface area contributed by atoms with Crippen molar-refractivity contribution in [3.8, 4) is 17.3 Å². The number of benzene rings is 1. The summed E-state index contributed by atoms with van der Waals surface area (Å²) < 4.78 is 41.4. The molecule has 0 radical (unpaired) electrons. The van der Waals surface area contributed by atoms with Gasteiger partial charge in [0, 0.05) is 37.1 Å². The van der Waals surface area contributed by atoms with Gasteiger partial charge >= 0.3 is 6.09 Å². The van der Waals surface area contributed by atoms with Crippen LogP contribution in [0, 0.1) is 0 Å². The van der Waals surface area contributed by atoms with Gasteiger partial charge in [-0.2, -0.15) is 0 Å². The van der Waals surface area contributed by atoms with Crippen LogP contribution in [0.3, 0.4) is 0 Å². The first-order valence-corrected chi connectivity index (χ1v) is 16.4. The van der Waals surface area contributed by atoms with Gasteiger partial charge in [0.1, 0.15) is 27.4 Å². The van der Waals surface area contributed by atoms with E-state index in [-0.39, 0.29) is 17.2 Å². The van der Waals surface area contributed by atoms with E-state index in [0.29, 0.717) is 64.6 Å². The average molecular weight is 614 g/mol. The number of amides is 2. The van der Waals surface area contributed by atoms with E-state index in [0.717, 1.165) is 18.2 Å². The topological polar surface area (TPSA) is 125 Å². The van der Waals surface area contributed by atoms with Gasteiger partial charge in [0.05, 0.1) is 17.9 Å². The highest BCUT2D eigenvalue weighted by atomic mass is 32.2. The van der Waals surface area contributed by atoms with Gasteiger partial charge in [0.15, 0.2) is 5.82 Å². The number of methoxy groups -OCH3 is 1. The van der Waals surface area contributed by atoms with Gasteiger partial charge in [-0.1, -0.05) is 0 Å². The summed E-state index contributed by atoms with van der Waals surface area (Å²) in [5.41, 5.74) is 1.47. The largest absolute Gasteiger partial charge is 0.494 e. The fourth-order valence-electron chi connectivity index (χ4n) is 5.58. The molecule has 6 rings (SSSR count). The second-order valence-electron chi connectivity index (χ2n) is 12.0. The number of thiophene rings is 1. The second-order valence-corrected chi connectivity index (χ2v) is 15.0. The Hall–Kier alpha value is -3.58. The van der Waals surface area contributed by atoms with E-state index in [1.807, 2.05) is 49.9 Å². The number of rotatable bonds is 6. The molecule has 42 heavy (non-hydrogen) atoms. The summed E-state index contributed by atoms with van der Waals surface area (Å²) in [6.07, 6.45) is 2.29. The Bertz CT molecular complexity index is 1810. The molecule has 224 valence electrons. The average Bonchev–Trinajstić information content (AvgIpc) is 3.48. The van der Waals surface area contributed by atoms with Gasteiger partial charge in [-0.05, 0) is 76.1 Å². The smallest absolute Gasteiger partial charge is 0.407 e. The molecule has 0 unspecified atom stereocenters. The van der Waals surface area contributed by atoms with E-state index in [9.17, 15) is 18.0 Å². The summed E-state index contributed by atoms with van der Waals surface area (Å²) in [6, 6.07) is 6.96. The Kier molecular flexibility index (Phi) is 7.00. The third-order valence-corrected chi connectivity index (χ3v) is 10.9. The number of imidazole rings is 1. The molecule has 4 heterocycles. The van der Waals surface area contributed by atoms with E-state index in [2.05, 4.69) is 5.32 Å². The second kappa shape index (κ2) is 10.3. The van der Waals surface area contributed by atoms with Gasteiger partial charge in [-0.25, -0.2) is 22.2 Å². The normalized spacial score (nSPS) is 18.0. The van der Waals surface area contributed by atoms with E-state index < -0.39 is 21.7 Å². The lowest BCUT2D eigenvalue weighted by atomic mass is 10.0. The van der Waals surface area contributed by atoms with Crippen molar-refractivity contribution in [1.82, 2.24) is 23.7 Å². The number of aromatic nitrogens is 3. The number of piperidine rings is 1. The van der Waals surface area contributed by atoms with Gasteiger partial charge < -0.3 is 24.3 Å². The highest BCUT2D eigenvalue weighted by Gasteiger charge is 2.40. The van der Waals surface area contributed by atoms with Gasteiger partial charge in [0.2, 0.25) is 10.0 Å². The Balaban J connectivity index is 1.34. The number of likely N-dealkylation sites (tertiary alicyclic amines) is 1. The van der Waals surface area contributed by atoms with Gasteiger partial charge in [-0.15, -0.1) is 11.3 Å². The first-order valence-electron chi connectivity index (χ1n) is 14.0. The fourth-order valence-corrected chi connectivity index (χ4v) is 8.60. The van der Waals surface area contributed by atoms with Crippen molar-refractivity contribution in [1.29, 1.82) is 0 Å². The number of carbonyl (C=O) groups is 2. The summed E-state index contributed by atoms with van der Waals surface area (Å²) in [4.78, 5) is 33.3. The Morgan fingerprint density at radius 2 is 1.90 bits per heavy atom. The zero-order valence-corrected chi connectivity index (χ0v) is 26.0. The molecule has 1 aliphatic heterocycles. The minimum atomic E-state index is -3.59. The zero-order valence-electron chi connectivity index (χ0n) is 24.3. The summed E-state index contributed by atoms with van der Waals surface area (Å²) >= 11 is 1.39. The number of nitrogens with one attached hydrogen (secondary N) is 1. The highest BCUT2D eigenvalue weighted by molar-refractivity contribution is 7.91. The minimum Gasteiger partial charge on any atom is -0.494 e. The lowest BCUT2D eigenvalue weighted by Gasteiger charge is -2.33. The van der Waals surface area contributed by atoms with Crippen molar-refractivity contribution >= 4 is 54.6 Å². The first kappa shape index (κ1) is 28.5. The molecule has 2 fully saturated rings. The number of hydrogen-bond donors (Lipinski definition) is 1. The van der Waals surface area contributed by atoms with Crippen molar-refractivity contribution in [2.24, 2.45) is 7.05 Å². The van der Waals surface area contributed by atoms with Crippen LogP contribution in [0.15, 0.2) is 29.6 Å². The molecule has 1 atom stereocenters. The molecule has 1 aliphatic carbocycles. The van der Waals surface area contributed by atoms with Crippen LogP contribution in [0.2, 0.25) is 0 Å². The molecule has 0 bridgehead atoms. The predicted molar refractivity (Wildman–Crippen MR) is 162 cm³/mol.